The molecule has 2 aliphatic rings. The van der Waals surface area contributed by atoms with Crippen LogP contribution in [0.25, 0.3) is 0 Å². The first-order chi connectivity index (χ1) is 10.0. The van der Waals surface area contributed by atoms with Crippen molar-refractivity contribution in [3.63, 3.8) is 0 Å². The van der Waals surface area contributed by atoms with Crippen LogP contribution in [0.15, 0.2) is 0 Å². The highest BCUT2D eigenvalue weighted by Crippen LogP contribution is 2.39. The van der Waals surface area contributed by atoms with Gasteiger partial charge in [0.25, 0.3) is 0 Å². The highest BCUT2D eigenvalue weighted by Gasteiger charge is 2.40. The predicted octanol–water partition coefficient (Wildman–Crippen LogP) is 2.43. The fourth-order valence-electron chi connectivity index (χ4n) is 3.45. The molecule has 1 heterocycles. The van der Waals surface area contributed by atoms with Crippen molar-refractivity contribution < 1.29 is 9.59 Å². The molecule has 0 aromatic heterocycles. The van der Waals surface area contributed by atoms with Crippen LogP contribution in [0.4, 0.5) is 0 Å². The zero-order chi connectivity index (χ0) is 15.5. The summed E-state index contributed by atoms with van der Waals surface area (Å²) in [4.78, 5) is 26.5. The normalized spacial score (nSPS) is 27.4. The van der Waals surface area contributed by atoms with Crippen molar-refractivity contribution in [2.75, 3.05) is 19.3 Å². The number of piperazine rings is 1. The molecule has 2 rings (SSSR count). The van der Waals surface area contributed by atoms with E-state index in [1.165, 1.54) is 19.3 Å². The Kier molecular flexibility index (Phi) is 5.58. The molecule has 1 saturated heterocycles. The van der Waals surface area contributed by atoms with Crippen molar-refractivity contribution >= 4 is 23.6 Å². The Hall–Kier alpha value is -0.710. The van der Waals surface area contributed by atoms with E-state index in [4.69, 9.17) is 0 Å². The summed E-state index contributed by atoms with van der Waals surface area (Å²) in [6.45, 7) is 5.06. The van der Waals surface area contributed by atoms with Gasteiger partial charge in [0, 0.05) is 11.3 Å². The molecule has 0 aromatic rings. The molecular weight excluding hydrogens is 284 g/mol. The van der Waals surface area contributed by atoms with Gasteiger partial charge in [0.05, 0.1) is 6.54 Å². The Labute approximate surface area is 132 Å². The highest BCUT2D eigenvalue weighted by atomic mass is 32.2. The monoisotopic (exact) mass is 312 g/mol. The van der Waals surface area contributed by atoms with Crippen LogP contribution in [-0.2, 0) is 9.59 Å². The lowest BCUT2D eigenvalue weighted by Gasteiger charge is -2.43. The van der Waals surface area contributed by atoms with Crippen LogP contribution < -0.4 is 5.32 Å². The molecule has 0 bridgehead atoms. The van der Waals surface area contributed by atoms with Crippen LogP contribution in [0.5, 0.6) is 0 Å². The van der Waals surface area contributed by atoms with Gasteiger partial charge in [-0.05, 0) is 25.0 Å². The Morgan fingerprint density at radius 2 is 2.00 bits per heavy atom. The first-order valence-corrected chi connectivity index (χ1v) is 9.37. The zero-order valence-electron chi connectivity index (χ0n) is 13.5. The van der Waals surface area contributed by atoms with E-state index in [9.17, 15) is 9.59 Å². The van der Waals surface area contributed by atoms with Crippen LogP contribution in [0.1, 0.15) is 52.4 Å². The molecule has 1 aliphatic heterocycles. The van der Waals surface area contributed by atoms with Gasteiger partial charge in [0.15, 0.2) is 0 Å². The number of carbonyl (C=O) groups is 2. The van der Waals surface area contributed by atoms with Crippen LogP contribution in [-0.4, -0.2) is 46.8 Å². The fraction of sp³-hybridized carbons (Fsp3) is 0.875. The number of rotatable bonds is 5. The van der Waals surface area contributed by atoms with Crippen molar-refractivity contribution in [3.05, 3.63) is 0 Å². The van der Waals surface area contributed by atoms with Gasteiger partial charge in [-0.2, -0.15) is 11.8 Å². The summed E-state index contributed by atoms with van der Waals surface area (Å²) in [6.07, 6.45) is 9.14. The smallest absolute Gasteiger partial charge is 0.245 e. The van der Waals surface area contributed by atoms with E-state index < -0.39 is 0 Å². The summed E-state index contributed by atoms with van der Waals surface area (Å²) < 4.78 is 0.158. The average Bonchev–Trinajstić information content (AvgIpc) is 2.50. The second kappa shape index (κ2) is 7.03. The molecule has 21 heavy (non-hydrogen) atoms. The topological polar surface area (TPSA) is 49.4 Å². The van der Waals surface area contributed by atoms with Gasteiger partial charge in [0.2, 0.25) is 11.8 Å². The second-order valence-electron chi connectivity index (χ2n) is 6.57. The highest BCUT2D eigenvalue weighted by molar-refractivity contribution is 8.00. The first-order valence-electron chi connectivity index (χ1n) is 8.14. The minimum absolute atomic E-state index is 0.00744. The van der Waals surface area contributed by atoms with Crippen LogP contribution in [0, 0.1) is 5.92 Å². The van der Waals surface area contributed by atoms with Crippen LogP contribution in [0.3, 0.4) is 0 Å². The van der Waals surface area contributed by atoms with Crippen molar-refractivity contribution in [2.24, 2.45) is 5.92 Å². The molecule has 2 fully saturated rings. The Morgan fingerprint density at radius 3 is 2.57 bits per heavy atom. The molecule has 0 aromatic carbocycles. The summed E-state index contributed by atoms with van der Waals surface area (Å²) in [5, 5.41) is 2.88. The maximum absolute atomic E-state index is 12.7. The van der Waals surface area contributed by atoms with Gasteiger partial charge in [-0.1, -0.05) is 39.5 Å². The van der Waals surface area contributed by atoms with Gasteiger partial charge in [-0.15, -0.1) is 0 Å². The number of nitrogens with zero attached hydrogens (tertiary/aromatic N) is 1. The Bertz CT molecular complexity index is 394. The molecule has 1 aliphatic carbocycles. The number of nitrogens with one attached hydrogen (secondary N) is 1. The van der Waals surface area contributed by atoms with E-state index in [2.05, 4.69) is 18.5 Å². The SMILES string of the molecule is CCC(C)C1NC(=O)CN(CC2(SC)CCCCC2)C1=O. The Morgan fingerprint density at radius 1 is 1.33 bits per heavy atom. The Balaban J connectivity index is 2.10. The summed E-state index contributed by atoms with van der Waals surface area (Å²) in [5.74, 6) is 0.302. The molecule has 1 saturated carbocycles. The molecule has 2 atom stereocenters. The van der Waals surface area contributed by atoms with Gasteiger partial charge < -0.3 is 10.2 Å². The third-order valence-electron chi connectivity index (χ3n) is 5.12. The lowest BCUT2D eigenvalue weighted by Crippen LogP contribution is -2.62. The molecule has 5 heteroatoms. The van der Waals surface area contributed by atoms with Crippen molar-refractivity contribution in [3.8, 4) is 0 Å². The minimum Gasteiger partial charge on any atom is -0.342 e. The van der Waals surface area contributed by atoms with E-state index in [0.717, 1.165) is 25.8 Å². The predicted molar refractivity (Wildman–Crippen MR) is 87.3 cm³/mol. The first kappa shape index (κ1) is 16.7. The second-order valence-corrected chi connectivity index (χ2v) is 7.85. The third kappa shape index (κ3) is 3.74. The molecule has 4 nitrogen and oxygen atoms in total. The zero-order valence-corrected chi connectivity index (χ0v) is 14.3. The largest absolute Gasteiger partial charge is 0.342 e. The van der Waals surface area contributed by atoms with Gasteiger partial charge in [-0.25, -0.2) is 0 Å². The van der Waals surface area contributed by atoms with Crippen molar-refractivity contribution in [1.29, 1.82) is 0 Å². The van der Waals surface area contributed by atoms with Gasteiger partial charge >= 0.3 is 0 Å². The molecule has 120 valence electrons. The fourth-order valence-corrected chi connectivity index (χ4v) is 4.44. The number of hydrogen-bond acceptors (Lipinski definition) is 3. The number of amides is 2. The maximum atomic E-state index is 12.7. The summed E-state index contributed by atoms with van der Waals surface area (Å²) >= 11 is 1.88. The third-order valence-corrected chi connectivity index (χ3v) is 6.52. The maximum Gasteiger partial charge on any atom is 0.245 e. The minimum atomic E-state index is -0.334. The summed E-state index contributed by atoms with van der Waals surface area (Å²) in [6, 6.07) is -0.334. The molecule has 2 amide bonds. The number of carbonyl (C=O) groups excluding carboxylic acids is 2. The summed E-state index contributed by atoms with van der Waals surface area (Å²) in [7, 11) is 0. The van der Waals surface area contributed by atoms with E-state index in [1.807, 2.05) is 23.6 Å². The molecule has 1 N–H and O–H groups in total. The van der Waals surface area contributed by atoms with Crippen molar-refractivity contribution in [1.82, 2.24) is 10.2 Å². The van der Waals surface area contributed by atoms with Crippen LogP contribution in [0.2, 0.25) is 0 Å². The van der Waals surface area contributed by atoms with E-state index >= 15 is 0 Å². The quantitative estimate of drug-likeness (QED) is 0.848. The number of thioether (sulfide) groups is 1. The molecule has 0 radical (unpaired) electrons. The van der Waals surface area contributed by atoms with E-state index in [0.29, 0.717) is 0 Å². The number of hydrogen-bond donors (Lipinski definition) is 1. The van der Waals surface area contributed by atoms with E-state index in [-0.39, 0.29) is 35.1 Å². The average molecular weight is 312 g/mol. The lowest BCUT2D eigenvalue weighted by molar-refractivity contribution is -0.146. The van der Waals surface area contributed by atoms with E-state index in [1.54, 1.807) is 0 Å². The van der Waals surface area contributed by atoms with Crippen LogP contribution >= 0.6 is 11.8 Å². The standard InChI is InChI=1S/C16H28N2O2S/c1-4-12(2)14-15(20)18(10-13(19)17-14)11-16(21-3)8-6-5-7-9-16/h12,14H,4-11H2,1-3H3,(H,17,19). The molecule has 0 spiro atoms. The van der Waals surface area contributed by atoms with Crippen molar-refractivity contribution in [2.45, 2.75) is 63.2 Å². The lowest BCUT2D eigenvalue weighted by atomic mass is 9.87. The van der Waals surface area contributed by atoms with Gasteiger partial charge in [-0.3, -0.25) is 9.59 Å². The molecule has 2 unspecified atom stereocenters. The molecular formula is C16H28N2O2S. The summed E-state index contributed by atoms with van der Waals surface area (Å²) in [5.41, 5.74) is 0. The van der Waals surface area contributed by atoms with Gasteiger partial charge in [0.1, 0.15) is 6.04 Å².